The summed E-state index contributed by atoms with van der Waals surface area (Å²) in [6.45, 7) is 2.04. The van der Waals surface area contributed by atoms with Crippen molar-refractivity contribution in [3.05, 3.63) is 52.1 Å². The summed E-state index contributed by atoms with van der Waals surface area (Å²) in [6, 6.07) is 6.44. The summed E-state index contributed by atoms with van der Waals surface area (Å²) in [4.78, 5) is 31.2. The fourth-order valence-corrected chi connectivity index (χ4v) is 2.82. The number of nitrogens with zero attached hydrogens (tertiary/aromatic N) is 2. The van der Waals surface area contributed by atoms with E-state index in [0.29, 0.717) is 34.0 Å². The number of pyridine rings is 1. The standard InChI is InChI=1S/C15H14N4O3S/c1-2-22-14(21)9-3-4-12-11(5-9)13(20)6-10(18-12)7-23-15-16-8-17-19-15/h3-6,8H,2,7H2,1H3,(H,18,20)(H,16,17,19). The van der Waals surface area contributed by atoms with Gasteiger partial charge in [-0.15, -0.1) is 0 Å². The summed E-state index contributed by atoms with van der Waals surface area (Å²) >= 11 is 1.44. The van der Waals surface area contributed by atoms with Gasteiger partial charge >= 0.3 is 5.97 Å². The van der Waals surface area contributed by atoms with Gasteiger partial charge < -0.3 is 9.72 Å². The summed E-state index contributed by atoms with van der Waals surface area (Å²) in [5.74, 6) is 0.124. The van der Waals surface area contributed by atoms with Crippen LogP contribution in [0.5, 0.6) is 0 Å². The number of thioether (sulfide) groups is 1. The number of benzene rings is 1. The van der Waals surface area contributed by atoms with E-state index in [1.807, 2.05) is 0 Å². The van der Waals surface area contributed by atoms with E-state index in [0.717, 1.165) is 5.69 Å². The van der Waals surface area contributed by atoms with Gasteiger partial charge in [-0.25, -0.2) is 9.78 Å². The van der Waals surface area contributed by atoms with E-state index in [9.17, 15) is 9.59 Å². The van der Waals surface area contributed by atoms with Gasteiger partial charge in [-0.1, -0.05) is 11.8 Å². The molecule has 0 aliphatic heterocycles. The van der Waals surface area contributed by atoms with Gasteiger partial charge in [0.25, 0.3) is 0 Å². The van der Waals surface area contributed by atoms with E-state index in [1.165, 1.54) is 24.2 Å². The number of carbonyl (C=O) groups is 1. The van der Waals surface area contributed by atoms with Crippen LogP contribution in [0.3, 0.4) is 0 Å². The van der Waals surface area contributed by atoms with Crippen molar-refractivity contribution in [3.63, 3.8) is 0 Å². The molecule has 0 saturated heterocycles. The fourth-order valence-electron chi connectivity index (χ4n) is 2.13. The maximum Gasteiger partial charge on any atom is 0.338 e. The van der Waals surface area contributed by atoms with Crippen molar-refractivity contribution >= 4 is 28.6 Å². The van der Waals surface area contributed by atoms with Crippen LogP contribution >= 0.6 is 11.8 Å². The van der Waals surface area contributed by atoms with E-state index in [2.05, 4.69) is 20.2 Å². The van der Waals surface area contributed by atoms with Crippen LogP contribution in [0.1, 0.15) is 23.0 Å². The highest BCUT2D eigenvalue weighted by Crippen LogP contribution is 2.18. The molecule has 0 spiro atoms. The summed E-state index contributed by atoms with van der Waals surface area (Å²) in [7, 11) is 0. The molecule has 118 valence electrons. The normalized spacial score (nSPS) is 10.8. The number of fused-ring (bicyclic) bond motifs is 1. The van der Waals surface area contributed by atoms with Crippen molar-refractivity contribution in [1.29, 1.82) is 0 Å². The molecular weight excluding hydrogens is 316 g/mol. The van der Waals surface area contributed by atoms with E-state index < -0.39 is 5.97 Å². The Bertz CT molecular complexity index is 889. The molecule has 0 atom stereocenters. The van der Waals surface area contributed by atoms with Gasteiger partial charge in [0.2, 0.25) is 0 Å². The number of carbonyl (C=O) groups excluding carboxylic acids is 1. The Morgan fingerprint density at radius 3 is 2.96 bits per heavy atom. The number of hydrogen-bond donors (Lipinski definition) is 2. The van der Waals surface area contributed by atoms with E-state index >= 15 is 0 Å². The lowest BCUT2D eigenvalue weighted by atomic mass is 10.1. The van der Waals surface area contributed by atoms with Crippen molar-refractivity contribution in [2.45, 2.75) is 17.8 Å². The molecule has 2 aromatic heterocycles. The van der Waals surface area contributed by atoms with Crippen molar-refractivity contribution in [2.75, 3.05) is 6.61 Å². The van der Waals surface area contributed by atoms with Gasteiger partial charge in [-0.05, 0) is 25.1 Å². The van der Waals surface area contributed by atoms with Crippen LogP contribution in [0.15, 0.2) is 40.5 Å². The lowest BCUT2D eigenvalue weighted by Crippen LogP contribution is -2.08. The second kappa shape index (κ2) is 6.66. The van der Waals surface area contributed by atoms with Gasteiger partial charge in [0.1, 0.15) is 6.33 Å². The Labute approximate surface area is 135 Å². The van der Waals surface area contributed by atoms with Crippen LogP contribution in [0, 0.1) is 0 Å². The highest BCUT2D eigenvalue weighted by molar-refractivity contribution is 7.98. The average Bonchev–Trinajstić information content (AvgIpc) is 3.06. The molecule has 23 heavy (non-hydrogen) atoms. The molecule has 2 N–H and O–H groups in total. The molecule has 2 heterocycles. The highest BCUT2D eigenvalue weighted by Gasteiger charge is 2.10. The average molecular weight is 330 g/mol. The second-order valence-corrected chi connectivity index (χ2v) is 5.68. The highest BCUT2D eigenvalue weighted by atomic mass is 32.2. The number of nitrogens with one attached hydrogen (secondary N) is 2. The van der Waals surface area contributed by atoms with Crippen LogP contribution in [-0.4, -0.2) is 32.7 Å². The lowest BCUT2D eigenvalue weighted by Gasteiger charge is -2.06. The number of aromatic nitrogens is 4. The molecule has 0 saturated carbocycles. The second-order valence-electron chi connectivity index (χ2n) is 4.72. The van der Waals surface area contributed by atoms with Crippen LogP contribution in [0.2, 0.25) is 0 Å². The van der Waals surface area contributed by atoms with E-state index in [4.69, 9.17) is 4.74 Å². The van der Waals surface area contributed by atoms with Gasteiger partial charge in [-0.3, -0.25) is 9.89 Å². The predicted molar refractivity (Wildman–Crippen MR) is 86.5 cm³/mol. The first-order valence-corrected chi connectivity index (χ1v) is 7.97. The number of rotatable bonds is 5. The third-order valence-corrected chi connectivity index (χ3v) is 4.08. The third-order valence-electron chi connectivity index (χ3n) is 3.15. The Morgan fingerprint density at radius 2 is 2.22 bits per heavy atom. The third kappa shape index (κ3) is 3.42. The minimum absolute atomic E-state index is 0.141. The number of esters is 1. The van der Waals surface area contributed by atoms with Crippen LogP contribution < -0.4 is 5.43 Å². The summed E-state index contributed by atoms with van der Waals surface area (Å²) in [5, 5.41) is 7.67. The molecular formula is C15H14N4O3S. The molecule has 0 fully saturated rings. The van der Waals surface area contributed by atoms with Gasteiger partial charge in [0, 0.05) is 28.4 Å². The maximum absolute atomic E-state index is 12.3. The predicted octanol–water partition coefficient (Wildman–Crippen LogP) is 2.12. The summed E-state index contributed by atoms with van der Waals surface area (Å²) < 4.78 is 4.95. The van der Waals surface area contributed by atoms with Crippen molar-refractivity contribution in [3.8, 4) is 0 Å². The molecule has 3 aromatic rings. The minimum atomic E-state index is -0.432. The molecule has 8 heteroatoms. The van der Waals surface area contributed by atoms with Crippen molar-refractivity contribution in [1.82, 2.24) is 20.2 Å². The molecule has 0 bridgehead atoms. The fraction of sp³-hybridized carbons (Fsp3) is 0.200. The molecule has 0 radical (unpaired) electrons. The van der Waals surface area contributed by atoms with Gasteiger partial charge in [-0.2, -0.15) is 5.10 Å². The molecule has 1 aromatic carbocycles. The smallest absolute Gasteiger partial charge is 0.338 e. The Hall–Kier alpha value is -2.61. The number of ether oxygens (including phenoxy) is 1. The van der Waals surface area contributed by atoms with E-state index in [1.54, 1.807) is 25.1 Å². The zero-order valence-electron chi connectivity index (χ0n) is 12.3. The largest absolute Gasteiger partial charge is 0.462 e. The minimum Gasteiger partial charge on any atom is -0.462 e. The molecule has 0 aliphatic rings. The molecule has 3 rings (SSSR count). The molecule has 0 aliphatic carbocycles. The van der Waals surface area contributed by atoms with Crippen LogP contribution in [0.4, 0.5) is 0 Å². The van der Waals surface area contributed by atoms with E-state index in [-0.39, 0.29) is 5.43 Å². The molecule has 0 amide bonds. The molecule has 7 nitrogen and oxygen atoms in total. The molecule has 0 unspecified atom stereocenters. The SMILES string of the molecule is CCOC(=O)c1ccc2[nH]c(CSc3ncn[nH]3)cc(=O)c2c1. The lowest BCUT2D eigenvalue weighted by molar-refractivity contribution is 0.0526. The number of hydrogen-bond acceptors (Lipinski definition) is 6. The van der Waals surface area contributed by atoms with Crippen molar-refractivity contribution < 1.29 is 9.53 Å². The summed E-state index contributed by atoms with van der Waals surface area (Å²) in [6.07, 6.45) is 1.43. The van der Waals surface area contributed by atoms with Crippen LogP contribution in [-0.2, 0) is 10.5 Å². The first-order valence-electron chi connectivity index (χ1n) is 6.98. The Morgan fingerprint density at radius 1 is 1.35 bits per heavy atom. The first-order chi connectivity index (χ1) is 11.2. The van der Waals surface area contributed by atoms with Crippen LogP contribution in [0.25, 0.3) is 10.9 Å². The summed E-state index contributed by atoms with van der Waals surface area (Å²) in [5.41, 5.74) is 1.68. The topological polar surface area (TPSA) is 101 Å². The monoisotopic (exact) mass is 330 g/mol. The Balaban J connectivity index is 1.88. The zero-order valence-corrected chi connectivity index (χ0v) is 13.1. The quantitative estimate of drug-likeness (QED) is 0.549. The first kappa shape index (κ1) is 15.3. The maximum atomic E-state index is 12.3. The number of H-pyrrole nitrogens is 2. The number of aromatic amines is 2. The van der Waals surface area contributed by atoms with Gasteiger partial charge in [0.15, 0.2) is 10.6 Å². The Kier molecular flexibility index (Phi) is 4.42. The van der Waals surface area contributed by atoms with Crippen molar-refractivity contribution in [2.24, 2.45) is 0 Å². The zero-order chi connectivity index (χ0) is 16.2. The van der Waals surface area contributed by atoms with Gasteiger partial charge in [0.05, 0.1) is 12.2 Å².